The number of rotatable bonds is 1. The second-order valence-corrected chi connectivity index (χ2v) is 2.12. The number of hydrogen-bond acceptors (Lipinski definition) is 2. The fraction of sp³-hybridized carbons (Fsp3) is 1.00. The van der Waals surface area contributed by atoms with Gasteiger partial charge in [0.15, 0.2) is 0 Å². The van der Waals surface area contributed by atoms with Crippen LogP contribution in [0.3, 0.4) is 0 Å². The maximum absolute atomic E-state index is 11.6. The molecule has 0 aliphatic carbocycles. The molecular weight excluding hydrogens is 169 g/mol. The van der Waals surface area contributed by atoms with Gasteiger partial charge in [-0.2, -0.15) is 13.2 Å². The molecule has 1 atom stereocenters. The molecule has 0 aromatic rings. The van der Waals surface area contributed by atoms with Gasteiger partial charge < -0.3 is 11.5 Å². The Labute approximate surface area is 63.2 Å². The summed E-state index contributed by atoms with van der Waals surface area (Å²) in [7, 11) is 0. The molecular formula is C4H10ClF3N2. The molecule has 64 valence electrons. The summed E-state index contributed by atoms with van der Waals surface area (Å²) in [6.45, 7) is 0.267. The normalized spacial score (nSPS) is 17.4. The maximum atomic E-state index is 11.6. The summed E-state index contributed by atoms with van der Waals surface area (Å²) >= 11 is 0. The van der Waals surface area contributed by atoms with Crippen LogP contribution in [0.5, 0.6) is 0 Å². The van der Waals surface area contributed by atoms with Crippen LogP contribution in [0.25, 0.3) is 0 Å². The van der Waals surface area contributed by atoms with Crippen molar-refractivity contribution in [2.75, 3.05) is 6.54 Å². The van der Waals surface area contributed by atoms with Gasteiger partial charge in [0, 0.05) is 6.54 Å². The summed E-state index contributed by atoms with van der Waals surface area (Å²) in [5.41, 5.74) is 7.25. The van der Waals surface area contributed by atoms with Gasteiger partial charge >= 0.3 is 6.18 Å². The van der Waals surface area contributed by atoms with E-state index >= 15 is 0 Å². The second kappa shape index (κ2) is 3.41. The molecule has 0 saturated carbocycles. The highest BCUT2D eigenvalue weighted by Gasteiger charge is 2.46. The van der Waals surface area contributed by atoms with Crippen molar-refractivity contribution < 1.29 is 13.2 Å². The third kappa shape index (κ3) is 2.72. The highest BCUT2D eigenvalue weighted by Crippen LogP contribution is 2.26. The summed E-state index contributed by atoms with van der Waals surface area (Å²) in [6, 6.07) is 0. The van der Waals surface area contributed by atoms with Gasteiger partial charge in [0.25, 0.3) is 0 Å². The molecule has 2 nitrogen and oxygen atoms in total. The Morgan fingerprint density at radius 2 is 1.60 bits per heavy atom. The molecule has 0 aromatic carbocycles. The standard InChI is InChI=1S/C4H9F3N2.ClH/c1-3(9,2-8)4(5,6)7;/h2,8-9H2,1H3;1H. The SMILES string of the molecule is CC(N)(CN)C(F)(F)F.Cl. The van der Waals surface area contributed by atoms with Crippen LogP contribution in [-0.4, -0.2) is 18.3 Å². The lowest BCUT2D eigenvalue weighted by molar-refractivity contribution is -0.177. The molecule has 0 bridgehead atoms. The molecule has 1 unspecified atom stereocenters. The van der Waals surface area contributed by atoms with Crippen LogP contribution in [0, 0.1) is 0 Å². The summed E-state index contributed by atoms with van der Waals surface area (Å²) in [4.78, 5) is 0. The number of hydrogen-bond donors (Lipinski definition) is 2. The Balaban J connectivity index is 0. The fourth-order valence-electron chi connectivity index (χ4n) is 0.116. The summed E-state index contributed by atoms with van der Waals surface area (Å²) < 4.78 is 34.9. The van der Waals surface area contributed by atoms with Gasteiger partial charge in [-0.05, 0) is 6.92 Å². The minimum absolute atomic E-state index is 0. The summed E-state index contributed by atoms with van der Waals surface area (Å²) in [5.74, 6) is 0. The zero-order chi connectivity index (χ0) is 7.71. The van der Waals surface area contributed by atoms with Gasteiger partial charge in [0.2, 0.25) is 0 Å². The third-order valence-electron chi connectivity index (χ3n) is 1.07. The fourth-order valence-corrected chi connectivity index (χ4v) is 0.116. The molecule has 10 heavy (non-hydrogen) atoms. The van der Waals surface area contributed by atoms with E-state index in [-0.39, 0.29) is 12.4 Å². The van der Waals surface area contributed by atoms with Crippen LogP contribution < -0.4 is 11.5 Å². The first-order chi connectivity index (χ1) is 3.81. The van der Waals surface area contributed by atoms with Crippen molar-refractivity contribution in [1.29, 1.82) is 0 Å². The molecule has 0 aliphatic rings. The first-order valence-electron chi connectivity index (χ1n) is 2.37. The van der Waals surface area contributed by atoms with Crippen molar-refractivity contribution in [1.82, 2.24) is 0 Å². The van der Waals surface area contributed by atoms with Gasteiger partial charge in [-0.15, -0.1) is 12.4 Å². The van der Waals surface area contributed by atoms with E-state index in [1.54, 1.807) is 0 Å². The van der Waals surface area contributed by atoms with Crippen LogP contribution >= 0.6 is 12.4 Å². The number of alkyl halides is 3. The second-order valence-electron chi connectivity index (χ2n) is 2.12. The largest absolute Gasteiger partial charge is 0.407 e. The molecule has 0 rings (SSSR count). The lowest BCUT2D eigenvalue weighted by Gasteiger charge is -2.25. The van der Waals surface area contributed by atoms with Crippen LogP contribution in [0.15, 0.2) is 0 Å². The number of halogens is 4. The lowest BCUT2D eigenvalue weighted by Crippen LogP contribution is -2.56. The van der Waals surface area contributed by atoms with Crippen LogP contribution in [0.1, 0.15) is 6.92 Å². The average molecular weight is 179 g/mol. The molecule has 0 fully saturated rings. The Morgan fingerprint density at radius 3 is 1.60 bits per heavy atom. The quantitative estimate of drug-likeness (QED) is 0.620. The zero-order valence-electron chi connectivity index (χ0n) is 5.40. The molecule has 0 aliphatic heterocycles. The molecule has 0 heterocycles. The molecule has 0 amide bonds. The van der Waals surface area contributed by atoms with E-state index in [1.165, 1.54) is 0 Å². The lowest BCUT2D eigenvalue weighted by atomic mass is 10.1. The van der Waals surface area contributed by atoms with E-state index in [0.717, 1.165) is 6.92 Å². The zero-order valence-corrected chi connectivity index (χ0v) is 6.22. The van der Waals surface area contributed by atoms with E-state index in [0.29, 0.717) is 0 Å². The Bertz CT molecular complexity index is 101. The van der Waals surface area contributed by atoms with Gasteiger partial charge in [-0.1, -0.05) is 0 Å². The van der Waals surface area contributed by atoms with Crippen LogP contribution in [0.4, 0.5) is 13.2 Å². The maximum Gasteiger partial charge on any atom is 0.407 e. The van der Waals surface area contributed by atoms with Gasteiger partial charge in [0.05, 0.1) is 0 Å². The number of nitrogens with two attached hydrogens (primary N) is 2. The van der Waals surface area contributed by atoms with Gasteiger partial charge in [0.1, 0.15) is 5.54 Å². The summed E-state index contributed by atoms with van der Waals surface area (Å²) in [5, 5.41) is 0. The Morgan fingerprint density at radius 1 is 1.30 bits per heavy atom. The van der Waals surface area contributed by atoms with Crippen molar-refractivity contribution in [3.05, 3.63) is 0 Å². The van der Waals surface area contributed by atoms with Crippen molar-refractivity contribution in [2.45, 2.75) is 18.6 Å². The van der Waals surface area contributed by atoms with Crippen molar-refractivity contribution >= 4 is 12.4 Å². The van der Waals surface area contributed by atoms with E-state index < -0.39 is 18.3 Å². The summed E-state index contributed by atoms with van der Waals surface area (Å²) in [6.07, 6.45) is -4.40. The first kappa shape index (κ1) is 12.7. The van der Waals surface area contributed by atoms with Crippen LogP contribution in [0.2, 0.25) is 0 Å². The average Bonchev–Trinajstić information content (AvgIpc) is 1.64. The Kier molecular flexibility index (Phi) is 4.31. The molecule has 0 radical (unpaired) electrons. The molecule has 0 aromatic heterocycles. The van der Waals surface area contributed by atoms with Gasteiger partial charge in [-0.25, -0.2) is 0 Å². The molecule has 0 saturated heterocycles. The minimum atomic E-state index is -4.40. The van der Waals surface area contributed by atoms with Crippen LogP contribution in [-0.2, 0) is 0 Å². The third-order valence-corrected chi connectivity index (χ3v) is 1.07. The van der Waals surface area contributed by atoms with E-state index in [4.69, 9.17) is 11.5 Å². The van der Waals surface area contributed by atoms with Crippen molar-refractivity contribution in [3.63, 3.8) is 0 Å². The van der Waals surface area contributed by atoms with E-state index in [2.05, 4.69) is 0 Å². The molecule has 6 heteroatoms. The molecule has 4 N–H and O–H groups in total. The van der Waals surface area contributed by atoms with Crippen molar-refractivity contribution in [3.8, 4) is 0 Å². The van der Waals surface area contributed by atoms with Crippen molar-refractivity contribution in [2.24, 2.45) is 11.5 Å². The molecule has 0 spiro atoms. The smallest absolute Gasteiger partial charge is 0.328 e. The highest BCUT2D eigenvalue weighted by molar-refractivity contribution is 5.85. The van der Waals surface area contributed by atoms with E-state index in [1.807, 2.05) is 0 Å². The monoisotopic (exact) mass is 178 g/mol. The topological polar surface area (TPSA) is 52.0 Å². The van der Waals surface area contributed by atoms with Gasteiger partial charge in [-0.3, -0.25) is 0 Å². The predicted molar refractivity (Wildman–Crippen MR) is 34.9 cm³/mol. The first-order valence-corrected chi connectivity index (χ1v) is 2.37. The predicted octanol–water partition coefficient (Wildman–Crippen LogP) is 0.647. The minimum Gasteiger partial charge on any atom is -0.328 e. The Hall–Kier alpha value is -0.0000000000000000555. The van der Waals surface area contributed by atoms with E-state index in [9.17, 15) is 13.2 Å². The highest BCUT2D eigenvalue weighted by atomic mass is 35.5.